The van der Waals surface area contributed by atoms with E-state index in [4.69, 9.17) is 9.97 Å². The van der Waals surface area contributed by atoms with Gasteiger partial charge in [-0.2, -0.15) is 0 Å². The van der Waals surface area contributed by atoms with Crippen LogP contribution in [0.2, 0.25) is 0 Å². The fourth-order valence-electron chi connectivity index (χ4n) is 12.5. The number of hydrogen-bond donors (Lipinski definition) is 0. The summed E-state index contributed by atoms with van der Waals surface area (Å²) in [5, 5.41) is 4.98. The van der Waals surface area contributed by atoms with E-state index in [2.05, 4.69) is 231 Å². The van der Waals surface area contributed by atoms with Crippen molar-refractivity contribution in [2.45, 2.75) is 10.8 Å². The first-order valence-corrected chi connectivity index (χ1v) is 24.0. The normalized spacial score (nSPS) is 14.2. The average Bonchev–Trinajstić information content (AvgIpc) is 4.01. The van der Waals surface area contributed by atoms with Crippen LogP contribution in [0.1, 0.15) is 44.5 Å². The summed E-state index contributed by atoms with van der Waals surface area (Å²) in [4.78, 5) is 10.7. The highest BCUT2D eigenvalue weighted by Gasteiger charge is 2.59. The van der Waals surface area contributed by atoms with Crippen molar-refractivity contribution < 1.29 is 0 Å². The Bertz CT molecular complexity index is 3970. The zero-order valence-electron chi connectivity index (χ0n) is 36.2. The lowest BCUT2D eigenvalue weighted by molar-refractivity contribution is 0.633. The minimum Gasteiger partial charge on any atom is -0.228 e. The van der Waals surface area contributed by atoms with Gasteiger partial charge in [-0.15, -0.1) is 11.3 Å². The third-order valence-corrected chi connectivity index (χ3v) is 16.3. The van der Waals surface area contributed by atoms with Crippen LogP contribution in [-0.4, -0.2) is 9.97 Å². The smallest absolute Gasteiger partial charge is 0.160 e. The Balaban J connectivity index is 1.03. The quantitative estimate of drug-likeness (QED) is 0.177. The molecule has 0 fully saturated rings. The molecule has 67 heavy (non-hydrogen) atoms. The maximum Gasteiger partial charge on any atom is 0.160 e. The van der Waals surface area contributed by atoms with E-state index in [0.29, 0.717) is 5.82 Å². The molecule has 2 nitrogen and oxygen atoms in total. The van der Waals surface area contributed by atoms with E-state index in [9.17, 15) is 0 Å². The van der Waals surface area contributed by atoms with Crippen molar-refractivity contribution in [2.75, 3.05) is 0 Å². The van der Waals surface area contributed by atoms with Crippen molar-refractivity contribution in [3.63, 3.8) is 0 Å². The molecule has 0 N–H and O–H groups in total. The molecule has 0 saturated carbocycles. The van der Waals surface area contributed by atoms with Gasteiger partial charge < -0.3 is 0 Å². The van der Waals surface area contributed by atoms with Gasteiger partial charge in [-0.1, -0.05) is 194 Å². The predicted molar refractivity (Wildman–Crippen MR) is 277 cm³/mol. The summed E-state index contributed by atoms with van der Waals surface area (Å²) in [6, 6.07) is 85.9. The van der Waals surface area contributed by atoms with Gasteiger partial charge in [0, 0.05) is 36.9 Å². The first-order valence-electron chi connectivity index (χ1n) is 23.1. The Kier molecular flexibility index (Phi) is 7.54. The molecule has 0 radical (unpaired) electrons. The summed E-state index contributed by atoms with van der Waals surface area (Å²) in [6.45, 7) is 0. The monoisotopic (exact) mass is 866 g/mol. The molecule has 2 aromatic heterocycles. The van der Waals surface area contributed by atoms with E-state index in [1.165, 1.54) is 97.7 Å². The fraction of sp³-hybridized carbons (Fsp3) is 0.0312. The molecule has 0 bridgehead atoms. The highest BCUT2D eigenvalue weighted by molar-refractivity contribution is 7.25. The molecule has 0 atom stereocenters. The van der Waals surface area contributed by atoms with Crippen LogP contribution in [0.25, 0.3) is 87.1 Å². The van der Waals surface area contributed by atoms with Gasteiger partial charge in [-0.3, -0.25) is 0 Å². The maximum absolute atomic E-state index is 5.42. The van der Waals surface area contributed by atoms with Crippen LogP contribution in [-0.2, 0) is 10.8 Å². The van der Waals surface area contributed by atoms with Crippen molar-refractivity contribution >= 4 is 42.3 Å². The van der Waals surface area contributed by atoms with Gasteiger partial charge in [0.05, 0.1) is 22.2 Å². The van der Waals surface area contributed by atoms with Gasteiger partial charge in [-0.25, -0.2) is 9.97 Å². The predicted octanol–water partition coefficient (Wildman–Crippen LogP) is 16.0. The van der Waals surface area contributed by atoms with Gasteiger partial charge in [-0.05, 0) is 114 Å². The van der Waals surface area contributed by atoms with E-state index in [0.717, 1.165) is 28.1 Å². The minimum atomic E-state index is -0.609. The summed E-state index contributed by atoms with van der Waals surface area (Å²) in [6.07, 6.45) is 0. The lowest BCUT2D eigenvalue weighted by Gasteiger charge is -2.48. The number of aromatic nitrogens is 2. The third-order valence-electron chi connectivity index (χ3n) is 15.2. The number of hydrogen-bond acceptors (Lipinski definition) is 3. The van der Waals surface area contributed by atoms with E-state index in [1.54, 1.807) is 0 Å². The topological polar surface area (TPSA) is 25.8 Å². The number of rotatable bonds is 3. The van der Waals surface area contributed by atoms with Crippen molar-refractivity contribution in [1.82, 2.24) is 9.97 Å². The zero-order chi connectivity index (χ0) is 43.8. The second-order valence-electron chi connectivity index (χ2n) is 18.3. The van der Waals surface area contributed by atoms with Gasteiger partial charge in [0.2, 0.25) is 0 Å². The summed E-state index contributed by atoms with van der Waals surface area (Å²) in [5.74, 6) is 0.712. The molecule has 10 aromatic carbocycles. The SMILES string of the molecule is c1ccc(-c2cc(-c3ccc4c(c3)-c3cc5sc6ccccc6c5cc3C43c4ccccc4C4(c5ccccc5-c5ccccc54)c4ccccc43)nc(-c3ccc4ccccc4c3)n2)cc1. The van der Waals surface area contributed by atoms with Crippen LogP contribution in [0.4, 0.5) is 0 Å². The lowest BCUT2D eigenvalue weighted by atomic mass is 9.52. The second-order valence-corrected chi connectivity index (χ2v) is 19.4. The molecule has 0 unspecified atom stereocenters. The van der Waals surface area contributed by atoms with Crippen molar-refractivity contribution in [2.24, 2.45) is 0 Å². The van der Waals surface area contributed by atoms with Crippen LogP contribution in [0, 0.1) is 0 Å². The van der Waals surface area contributed by atoms with Crippen LogP contribution in [0.15, 0.2) is 231 Å². The number of fused-ring (bicyclic) bond motifs is 20. The van der Waals surface area contributed by atoms with E-state index >= 15 is 0 Å². The van der Waals surface area contributed by atoms with Gasteiger partial charge >= 0.3 is 0 Å². The molecule has 12 aromatic rings. The molecule has 310 valence electrons. The molecule has 0 saturated heterocycles. The number of benzene rings is 10. The first-order chi connectivity index (χ1) is 33.2. The minimum absolute atomic E-state index is 0.498. The van der Waals surface area contributed by atoms with E-state index in [1.807, 2.05) is 11.3 Å². The van der Waals surface area contributed by atoms with E-state index in [-0.39, 0.29) is 0 Å². The molecular weight excluding hydrogens is 829 g/mol. The molecular formula is C64H38N2S. The maximum atomic E-state index is 5.42. The van der Waals surface area contributed by atoms with Crippen LogP contribution >= 0.6 is 11.3 Å². The first kappa shape index (κ1) is 37.0. The Morgan fingerprint density at radius 2 is 0.806 bits per heavy atom. The fourth-order valence-corrected chi connectivity index (χ4v) is 13.6. The van der Waals surface area contributed by atoms with Crippen molar-refractivity contribution in [3.05, 3.63) is 275 Å². The summed E-state index contributed by atoms with van der Waals surface area (Å²) < 4.78 is 2.61. The summed E-state index contributed by atoms with van der Waals surface area (Å²) in [5.41, 5.74) is 19.6. The molecule has 0 amide bonds. The molecule has 15 rings (SSSR count). The van der Waals surface area contributed by atoms with E-state index < -0.39 is 10.8 Å². The average molecular weight is 867 g/mol. The molecule has 2 heterocycles. The number of thiophene rings is 1. The second kappa shape index (κ2) is 13.6. The molecule has 2 spiro atoms. The Morgan fingerprint density at radius 1 is 0.284 bits per heavy atom. The van der Waals surface area contributed by atoms with Crippen LogP contribution < -0.4 is 0 Å². The summed E-state index contributed by atoms with van der Waals surface area (Å²) >= 11 is 1.89. The highest BCUT2D eigenvalue weighted by atomic mass is 32.1. The Morgan fingerprint density at radius 3 is 1.51 bits per heavy atom. The van der Waals surface area contributed by atoms with Gasteiger partial charge in [0.15, 0.2) is 5.82 Å². The van der Waals surface area contributed by atoms with Crippen LogP contribution in [0.3, 0.4) is 0 Å². The third kappa shape index (κ3) is 4.88. The van der Waals surface area contributed by atoms with Crippen molar-refractivity contribution in [3.8, 4) is 56.2 Å². The van der Waals surface area contributed by atoms with Crippen LogP contribution in [0.5, 0.6) is 0 Å². The molecule has 0 aliphatic heterocycles. The van der Waals surface area contributed by atoms with Gasteiger partial charge in [0.25, 0.3) is 0 Å². The van der Waals surface area contributed by atoms with Gasteiger partial charge in [0.1, 0.15) is 0 Å². The zero-order valence-corrected chi connectivity index (χ0v) is 37.1. The Labute approximate surface area is 392 Å². The number of nitrogens with zero attached hydrogens (tertiary/aromatic N) is 2. The largest absolute Gasteiger partial charge is 0.228 e. The summed E-state index contributed by atoms with van der Waals surface area (Å²) in [7, 11) is 0. The van der Waals surface area contributed by atoms with Crippen molar-refractivity contribution in [1.29, 1.82) is 0 Å². The molecule has 3 aliphatic carbocycles. The molecule has 3 heteroatoms. The Hall–Kier alpha value is -8.24. The highest BCUT2D eigenvalue weighted by Crippen LogP contribution is 2.68. The standard InChI is InChI=1S/C64H38N2S/c1-2-17-40(18-3-1)58-38-59(66-62(65-58)43-31-30-39-16-4-5-19-41(39)34-43)42-32-33-52-47(35-42)48-37-61-49(46-22-8-15-29-60(46)67-61)36-57(48)64(52)55-27-13-11-25-53(55)63(54-26-12-14-28-56(54)64)50-23-9-6-20-44(50)45-21-7-10-24-51(45)63/h1-38H. The lowest BCUT2D eigenvalue weighted by Crippen LogP contribution is -2.43. The molecule has 3 aliphatic rings.